The Hall–Kier alpha value is -0.580. The number of hydrogen-bond donors (Lipinski definition) is 0. The Morgan fingerprint density at radius 3 is 2.83 bits per heavy atom. The van der Waals surface area contributed by atoms with Gasteiger partial charge in [0.1, 0.15) is 11.3 Å². The summed E-state index contributed by atoms with van der Waals surface area (Å²) in [6.45, 7) is 2.01. The van der Waals surface area contributed by atoms with Crippen molar-refractivity contribution in [3.63, 3.8) is 0 Å². The van der Waals surface area contributed by atoms with Crippen LogP contribution in [0.4, 0.5) is 0 Å². The number of halogens is 2. The number of benzene rings is 1. The number of nitrogens with zero attached hydrogens (tertiary/aromatic N) is 2. The maximum Gasteiger partial charge on any atom is 0.125 e. The summed E-state index contributed by atoms with van der Waals surface area (Å²) in [4.78, 5) is 4.46. The fourth-order valence-electron chi connectivity index (χ4n) is 2.13. The van der Waals surface area contributed by atoms with Crippen LogP contribution >= 0.6 is 23.2 Å². The zero-order valence-corrected chi connectivity index (χ0v) is 12.5. The molecule has 0 bridgehead atoms. The van der Waals surface area contributed by atoms with Crippen molar-refractivity contribution in [2.75, 3.05) is 12.0 Å². The van der Waals surface area contributed by atoms with Crippen LogP contribution in [-0.2, 0) is 16.7 Å². The Morgan fingerprint density at radius 2 is 2.22 bits per heavy atom. The first kappa shape index (κ1) is 13.8. The molecule has 0 amide bonds. The summed E-state index contributed by atoms with van der Waals surface area (Å²) in [5.74, 6) is 1.64. The number of rotatable bonds is 4. The van der Waals surface area contributed by atoms with E-state index >= 15 is 0 Å². The van der Waals surface area contributed by atoms with Crippen molar-refractivity contribution in [1.82, 2.24) is 9.55 Å². The summed E-state index contributed by atoms with van der Waals surface area (Å²) in [5, 5.41) is 0.613. The Balaban J connectivity index is 2.60. The van der Waals surface area contributed by atoms with Gasteiger partial charge >= 0.3 is 0 Å². The van der Waals surface area contributed by atoms with E-state index in [1.807, 2.05) is 29.7 Å². The predicted octanol–water partition coefficient (Wildman–Crippen LogP) is 3.37. The van der Waals surface area contributed by atoms with Crippen LogP contribution in [0.3, 0.4) is 0 Å². The van der Waals surface area contributed by atoms with Gasteiger partial charge in [-0.25, -0.2) is 4.98 Å². The Labute approximate surface area is 119 Å². The monoisotopic (exact) mass is 304 g/mol. The van der Waals surface area contributed by atoms with Gasteiger partial charge < -0.3 is 4.57 Å². The van der Waals surface area contributed by atoms with Crippen LogP contribution in [-0.4, -0.2) is 25.8 Å². The molecule has 0 radical (unpaired) electrons. The molecule has 2 aromatic rings. The lowest BCUT2D eigenvalue weighted by molar-refractivity contribution is 0.594. The van der Waals surface area contributed by atoms with E-state index in [-0.39, 0.29) is 6.04 Å². The fourth-order valence-corrected chi connectivity index (χ4v) is 3.36. The third-order valence-electron chi connectivity index (χ3n) is 2.78. The number of imidazole rings is 1. The van der Waals surface area contributed by atoms with Crippen molar-refractivity contribution >= 4 is 45.0 Å². The average molecular weight is 305 g/mol. The van der Waals surface area contributed by atoms with Gasteiger partial charge in [-0.3, -0.25) is 4.21 Å². The van der Waals surface area contributed by atoms with Crippen molar-refractivity contribution in [2.45, 2.75) is 18.8 Å². The Morgan fingerprint density at radius 1 is 1.50 bits per heavy atom. The van der Waals surface area contributed by atoms with E-state index in [1.165, 1.54) is 0 Å². The first-order chi connectivity index (χ1) is 8.54. The predicted molar refractivity (Wildman–Crippen MR) is 77.9 cm³/mol. The Bertz CT molecular complexity index is 597. The lowest BCUT2D eigenvalue weighted by Gasteiger charge is -2.15. The largest absolute Gasteiger partial charge is 0.323 e. The zero-order chi connectivity index (χ0) is 13.3. The van der Waals surface area contributed by atoms with E-state index < -0.39 is 10.8 Å². The molecule has 0 aliphatic carbocycles. The molecule has 1 aromatic carbocycles. The second-order valence-electron chi connectivity index (χ2n) is 4.23. The van der Waals surface area contributed by atoms with Gasteiger partial charge in [-0.1, -0.05) is 17.7 Å². The molecule has 2 rings (SSSR count). The zero-order valence-electron chi connectivity index (χ0n) is 10.2. The van der Waals surface area contributed by atoms with Gasteiger partial charge in [0.15, 0.2) is 0 Å². The van der Waals surface area contributed by atoms with Gasteiger partial charge in [0.05, 0.1) is 16.4 Å². The molecule has 0 saturated heterocycles. The first-order valence-electron chi connectivity index (χ1n) is 5.56. The normalized spacial score (nSPS) is 14.9. The second-order valence-corrected chi connectivity index (χ2v) is 6.38. The molecule has 1 aromatic heterocycles. The Kier molecular flexibility index (Phi) is 4.30. The minimum atomic E-state index is -0.863. The molecule has 0 aliphatic heterocycles. The molecule has 2 atom stereocenters. The van der Waals surface area contributed by atoms with Gasteiger partial charge in [0, 0.05) is 28.9 Å². The molecular weight excluding hydrogens is 291 g/mol. The van der Waals surface area contributed by atoms with E-state index in [0.29, 0.717) is 16.7 Å². The minimum absolute atomic E-state index is 0.0769. The number of fused-ring (bicyclic) bond motifs is 1. The summed E-state index contributed by atoms with van der Waals surface area (Å²) in [5.41, 5.74) is 1.69. The van der Waals surface area contributed by atoms with Crippen molar-refractivity contribution < 1.29 is 4.21 Å². The van der Waals surface area contributed by atoms with E-state index in [1.54, 1.807) is 6.26 Å². The molecule has 0 fully saturated rings. The van der Waals surface area contributed by atoms with E-state index in [4.69, 9.17) is 23.2 Å². The summed E-state index contributed by atoms with van der Waals surface area (Å²) in [6.07, 6.45) is 1.70. The summed E-state index contributed by atoms with van der Waals surface area (Å²) in [6, 6.07) is 5.73. The van der Waals surface area contributed by atoms with Crippen LogP contribution in [0.1, 0.15) is 18.8 Å². The SMILES string of the molecule is CC(CS(C)=O)n1c(CCl)nc2c(Cl)cccc21. The summed E-state index contributed by atoms with van der Waals surface area (Å²) >= 11 is 12.1. The first-order valence-corrected chi connectivity index (χ1v) is 8.20. The summed E-state index contributed by atoms with van der Waals surface area (Å²) < 4.78 is 13.4. The molecule has 0 spiro atoms. The van der Waals surface area contributed by atoms with Crippen LogP contribution in [0.5, 0.6) is 0 Å². The fraction of sp³-hybridized carbons (Fsp3) is 0.417. The number of aromatic nitrogens is 2. The number of para-hydroxylation sites is 1. The van der Waals surface area contributed by atoms with Gasteiger partial charge in [0.25, 0.3) is 0 Å². The van der Waals surface area contributed by atoms with Crippen molar-refractivity contribution in [3.05, 3.63) is 29.0 Å². The standard InChI is InChI=1S/C12H14Cl2N2OS/c1-8(7-18(2)17)16-10-5-3-4-9(14)12(10)15-11(16)6-13/h3-5,8H,6-7H2,1-2H3. The van der Waals surface area contributed by atoms with Crippen molar-refractivity contribution in [2.24, 2.45) is 0 Å². The molecule has 3 nitrogen and oxygen atoms in total. The lowest BCUT2D eigenvalue weighted by Crippen LogP contribution is -2.15. The quantitative estimate of drug-likeness (QED) is 0.812. The van der Waals surface area contributed by atoms with Gasteiger partial charge in [0.2, 0.25) is 0 Å². The van der Waals surface area contributed by atoms with Gasteiger partial charge in [-0.2, -0.15) is 0 Å². The molecule has 2 unspecified atom stereocenters. The summed E-state index contributed by atoms with van der Waals surface area (Å²) in [7, 11) is -0.863. The highest BCUT2D eigenvalue weighted by molar-refractivity contribution is 7.84. The van der Waals surface area contributed by atoms with Crippen LogP contribution in [0.25, 0.3) is 11.0 Å². The van der Waals surface area contributed by atoms with E-state index in [2.05, 4.69) is 4.98 Å². The van der Waals surface area contributed by atoms with Crippen LogP contribution in [0.2, 0.25) is 5.02 Å². The van der Waals surface area contributed by atoms with Crippen LogP contribution in [0, 0.1) is 0 Å². The third-order valence-corrected chi connectivity index (χ3v) is 4.28. The molecule has 6 heteroatoms. The van der Waals surface area contributed by atoms with Gasteiger partial charge in [-0.05, 0) is 19.1 Å². The molecule has 18 heavy (non-hydrogen) atoms. The highest BCUT2D eigenvalue weighted by atomic mass is 35.5. The molecule has 0 aliphatic rings. The second kappa shape index (κ2) is 5.59. The maximum absolute atomic E-state index is 11.4. The minimum Gasteiger partial charge on any atom is -0.323 e. The molecule has 0 saturated carbocycles. The van der Waals surface area contributed by atoms with Crippen LogP contribution < -0.4 is 0 Å². The van der Waals surface area contributed by atoms with Crippen LogP contribution in [0.15, 0.2) is 18.2 Å². The van der Waals surface area contributed by atoms with E-state index in [0.717, 1.165) is 16.9 Å². The van der Waals surface area contributed by atoms with Gasteiger partial charge in [-0.15, -0.1) is 11.6 Å². The molecule has 98 valence electrons. The third kappa shape index (κ3) is 2.56. The molecule has 0 N–H and O–H groups in total. The highest BCUT2D eigenvalue weighted by Gasteiger charge is 2.17. The smallest absolute Gasteiger partial charge is 0.125 e. The van der Waals surface area contributed by atoms with E-state index in [9.17, 15) is 4.21 Å². The number of alkyl halides is 1. The maximum atomic E-state index is 11.4. The highest BCUT2D eigenvalue weighted by Crippen LogP contribution is 2.27. The topological polar surface area (TPSA) is 34.9 Å². The lowest BCUT2D eigenvalue weighted by atomic mass is 10.3. The number of hydrogen-bond acceptors (Lipinski definition) is 2. The average Bonchev–Trinajstić information content (AvgIpc) is 2.68. The van der Waals surface area contributed by atoms with Crippen molar-refractivity contribution in [3.8, 4) is 0 Å². The van der Waals surface area contributed by atoms with Crippen molar-refractivity contribution in [1.29, 1.82) is 0 Å². The molecular formula is C12H14Cl2N2OS. The molecule has 1 heterocycles.